The molecule has 0 aliphatic heterocycles. The van der Waals surface area contributed by atoms with Crippen molar-refractivity contribution in [2.24, 2.45) is 0 Å². The zero-order chi connectivity index (χ0) is 22.2. The highest BCUT2D eigenvalue weighted by atomic mass is 32.2. The lowest BCUT2D eigenvalue weighted by molar-refractivity contribution is 0.00999. The molecule has 0 aliphatic rings. The Bertz CT molecular complexity index is 693. The molecule has 0 bridgehead atoms. The maximum Gasteiger partial charge on any atom is 0.407 e. The highest BCUT2D eigenvalue weighted by molar-refractivity contribution is 7.86. The van der Waals surface area contributed by atoms with Gasteiger partial charge in [0.1, 0.15) is 6.10 Å². The van der Waals surface area contributed by atoms with E-state index in [2.05, 4.69) is 5.32 Å². The van der Waals surface area contributed by atoms with E-state index < -0.39 is 16.2 Å². The van der Waals surface area contributed by atoms with Gasteiger partial charge in [-0.15, -0.1) is 0 Å². The molecule has 1 aromatic carbocycles. The second-order valence-electron chi connectivity index (χ2n) is 6.48. The summed E-state index contributed by atoms with van der Waals surface area (Å²) in [6.07, 6.45) is 0.215. The van der Waals surface area contributed by atoms with Crippen molar-refractivity contribution < 1.29 is 36.3 Å². The molecule has 1 atom stereocenters. The first-order valence-corrected chi connectivity index (χ1v) is 11.4. The summed E-state index contributed by atoms with van der Waals surface area (Å²) < 4.78 is 49.9. The molecule has 1 amide bonds. The quantitative estimate of drug-likeness (QED) is 0.304. The number of ether oxygens (including phenoxy) is 4. The molecule has 0 heterocycles. The Kier molecular flexibility index (Phi) is 13.3. The Balaban J connectivity index is 1.92. The van der Waals surface area contributed by atoms with Gasteiger partial charge >= 0.3 is 6.09 Å². The molecule has 30 heavy (non-hydrogen) atoms. The summed E-state index contributed by atoms with van der Waals surface area (Å²) in [4.78, 5) is 11.5. The van der Waals surface area contributed by atoms with Crippen LogP contribution < -0.4 is 5.32 Å². The van der Waals surface area contributed by atoms with Gasteiger partial charge in [-0.1, -0.05) is 24.6 Å². The molecule has 0 aliphatic carbocycles. The van der Waals surface area contributed by atoms with E-state index >= 15 is 0 Å². The molecule has 1 rings (SSSR count). The van der Waals surface area contributed by atoms with Crippen molar-refractivity contribution in [3.63, 3.8) is 0 Å². The van der Waals surface area contributed by atoms with Crippen LogP contribution in [-0.4, -0.2) is 73.4 Å². The fraction of sp³-hybridized carbons (Fsp3) is 0.650. The summed E-state index contributed by atoms with van der Waals surface area (Å²) in [5.74, 6) is 0. The van der Waals surface area contributed by atoms with Crippen LogP contribution in [0.4, 0.5) is 4.79 Å². The van der Waals surface area contributed by atoms with E-state index in [-0.39, 0.29) is 24.2 Å². The summed E-state index contributed by atoms with van der Waals surface area (Å²) >= 11 is 0. The van der Waals surface area contributed by atoms with Crippen molar-refractivity contribution in [1.29, 1.82) is 0 Å². The summed E-state index contributed by atoms with van der Waals surface area (Å²) in [5, 5.41) is 2.60. The van der Waals surface area contributed by atoms with Crippen molar-refractivity contribution in [3.05, 3.63) is 29.8 Å². The van der Waals surface area contributed by atoms with Gasteiger partial charge in [-0.25, -0.2) is 4.79 Å². The van der Waals surface area contributed by atoms with E-state index in [1.807, 2.05) is 20.8 Å². The minimum absolute atomic E-state index is 0.0637. The van der Waals surface area contributed by atoms with Gasteiger partial charge in [0, 0.05) is 6.54 Å². The van der Waals surface area contributed by atoms with Crippen molar-refractivity contribution in [2.45, 2.75) is 38.2 Å². The number of carbonyl (C=O) groups is 1. The van der Waals surface area contributed by atoms with E-state index in [4.69, 9.17) is 23.1 Å². The monoisotopic (exact) mass is 447 g/mol. The Morgan fingerprint density at radius 3 is 2.03 bits per heavy atom. The summed E-state index contributed by atoms with van der Waals surface area (Å²) in [7, 11) is -3.76. The summed E-state index contributed by atoms with van der Waals surface area (Å²) in [5.41, 5.74) is 0.973. The van der Waals surface area contributed by atoms with Gasteiger partial charge in [-0.05, 0) is 32.4 Å². The molecule has 10 heteroatoms. The van der Waals surface area contributed by atoms with Crippen LogP contribution in [0.1, 0.15) is 25.8 Å². The molecule has 1 aromatic rings. The number of hydrogen-bond donors (Lipinski definition) is 1. The van der Waals surface area contributed by atoms with Crippen LogP contribution in [-0.2, 0) is 33.2 Å². The molecule has 0 radical (unpaired) electrons. The van der Waals surface area contributed by atoms with Crippen molar-refractivity contribution in [3.8, 4) is 0 Å². The average Bonchev–Trinajstić information content (AvgIpc) is 2.71. The molecule has 1 unspecified atom stereocenters. The fourth-order valence-corrected chi connectivity index (χ4v) is 2.94. The van der Waals surface area contributed by atoms with Crippen LogP contribution in [0.15, 0.2) is 29.2 Å². The molecule has 172 valence electrons. The minimum atomic E-state index is -3.76. The summed E-state index contributed by atoms with van der Waals surface area (Å²) in [6, 6.07) is 6.45. The molecule has 0 saturated heterocycles. The zero-order valence-corrected chi connectivity index (χ0v) is 18.7. The molecular weight excluding hydrogens is 414 g/mol. The standard InChI is InChI=1S/C20H33NO8S/c1-4-18(3)29-20(22)21-9-10-25-11-12-26-13-14-27-15-16-28-30(23,24)19-7-5-17(2)6-8-19/h5-8,18H,4,9-16H2,1-3H3,(H,21,22). The van der Waals surface area contributed by atoms with Crippen LogP contribution in [0.25, 0.3) is 0 Å². The van der Waals surface area contributed by atoms with Crippen molar-refractivity contribution >= 4 is 16.2 Å². The molecule has 1 N–H and O–H groups in total. The first-order valence-electron chi connectivity index (χ1n) is 9.99. The fourth-order valence-electron chi connectivity index (χ4n) is 2.05. The lowest BCUT2D eigenvalue weighted by Crippen LogP contribution is -2.30. The number of aryl methyl sites for hydroxylation is 1. The molecule has 9 nitrogen and oxygen atoms in total. The third-order valence-corrected chi connectivity index (χ3v) is 5.25. The van der Waals surface area contributed by atoms with Crippen LogP contribution in [0.5, 0.6) is 0 Å². The largest absolute Gasteiger partial charge is 0.447 e. The van der Waals surface area contributed by atoms with E-state index in [0.29, 0.717) is 39.6 Å². The Hall–Kier alpha value is -1.72. The van der Waals surface area contributed by atoms with Gasteiger partial charge in [-0.2, -0.15) is 8.42 Å². The molecule has 0 aromatic heterocycles. The Morgan fingerprint density at radius 2 is 1.47 bits per heavy atom. The normalized spacial score (nSPS) is 12.5. The van der Waals surface area contributed by atoms with Gasteiger partial charge in [-0.3, -0.25) is 4.18 Å². The van der Waals surface area contributed by atoms with Gasteiger partial charge in [0.15, 0.2) is 0 Å². The van der Waals surface area contributed by atoms with Gasteiger partial charge < -0.3 is 24.3 Å². The third kappa shape index (κ3) is 12.1. The van der Waals surface area contributed by atoms with Crippen LogP contribution in [0.3, 0.4) is 0 Å². The lowest BCUT2D eigenvalue weighted by Gasteiger charge is -2.12. The summed E-state index contributed by atoms with van der Waals surface area (Å²) in [6.45, 7) is 7.91. The second-order valence-corrected chi connectivity index (χ2v) is 8.09. The first kappa shape index (κ1) is 26.3. The van der Waals surface area contributed by atoms with Crippen molar-refractivity contribution in [1.82, 2.24) is 5.32 Å². The first-order chi connectivity index (χ1) is 14.3. The molecular formula is C20H33NO8S. The molecule has 0 fully saturated rings. The average molecular weight is 448 g/mol. The topological polar surface area (TPSA) is 109 Å². The number of rotatable bonds is 16. The van der Waals surface area contributed by atoms with Crippen LogP contribution in [0, 0.1) is 6.92 Å². The highest BCUT2D eigenvalue weighted by Crippen LogP contribution is 2.12. The number of benzene rings is 1. The number of alkyl carbamates (subject to hydrolysis) is 1. The maximum absolute atomic E-state index is 12.0. The molecule has 0 saturated carbocycles. The minimum Gasteiger partial charge on any atom is -0.447 e. The van der Waals surface area contributed by atoms with Gasteiger partial charge in [0.25, 0.3) is 10.1 Å². The van der Waals surface area contributed by atoms with Crippen LogP contribution in [0.2, 0.25) is 0 Å². The molecule has 0 spiro atoms. The predicted octanol–water partition coefficient (Wildman–Crippen LogP) is 2.27. The number of amides is 1. The predicted molar refractivity (Wildman–Crippen MR) is 111 cm³/mol. The number of nitrogens with one attached hydrogen (secondary N) is 1. The van der Waals surface area contributed by atoms with E-state index in [1.54, 1.807) is 12.1 Å². The smallest absolute Gasteiger partial charge is 0.407 e. The Morgan fingerprint density at radius 1 is 0.933 bits per heavy atom. The Labute approximate surface area is 179 Å². The van der Waals surface area contributed by atoms with Gasteiger partial charge in [0.05, 0.1) is 51.1 Å². The SMILES string of the molecule is CCC(C)OC(=O)NCCOCCOCCOCCOS(=O)(=O)c1ccc(C)cc1. The van der Waals surface area contributed by atoms with E-state index in [1.165, 1.54) is 12.1 Å². The zero-order valence-electron chi connectivity index (χ0n) is 17.9. The van der Waals surface area contributed by atoms with E-state index in [0.717, 1.165) is 12.0 Å². The van der Waals surface area contributed by atoms with Crippen molar-refractivity contribution in [2.75, 3.05) is 52.8 Å². The van der Waals surface area contributed by atoms with E-state index in [9.17, 15) is 13.2 Å². The van der Waals surface area contributed by atoms with Gasteiger partial charge in [0.2, 0.25) is 0 Å². The van der Waals surface area contributed by atoms with Crippen LogP contribution >= 0.6 is 0 Å². The number of carbonyl (C=O) groups excluding carboxylic acids is 1. The lowest BCUT2D eigenvalue weighted by atomic mass is 10.2. The second kappa shape index (κ2) is 15.1. The highest BCUT2D eigenvalue weighted by Gasteiger charge is 2.14. The number of hydrogen-bond acceptors (Lipinski definition) is 8. The third-order valence-electron chi connectivity index (χ3n) is 3.92. The maximum atomic E-state index is 12.0.